The molecule has 26 heavy (non-hydrogen) atoms. The largest absolute Gasteiger partial charge is 0.460 e. The fourth-order valence-electron chi connectivity index (χ4n) is 1.73. The lowest BCUT2D eigenvalue weighted by Gasteiger charge is -2.39. The number of hydrogen-bond donors (Lipinski definition) is 1. The van der Waals surface area contributed by atoms with Gasteiger partial charge < -0.3 is 0 Å². The molecular formula is C15H15F7N2O2. The Hall–Kier alpha value is -2.33. The molecule has 0 saturated heterocycles. The maximum absolute atomic E-state index is 13.7. The van der Waals surface area contributed by atoms with Gasteiger partial charge in [0, 0.05) is 5.56 Å². The molecule has 0 spiro atoms. The van der Waals surface area contributed by atoms with Crippen LogP contribution >= 0.6 is 0 Å². The summed E-state index contributed by atoms with van der Waals surface area (Å²) in [5.74, 6) is -16.8. The first-order valence-corrected chi connectivity index (χ1v) is 7.06. The molecule has 0 fully saturated rings. The lowest BCUT2D eigenvalue weighted by molar-refractivity contribution is -0.346. The summed E-state index contributed by atoms with van der Waals surface area (Å²) in [5.41, 5.74) is -0.187. The molecule has 0 heterocycles. The SMILES string of the molecule is CC(C)(C)N(NC(=O)c1ccccc1)C(=O)C(F)(F)C(F)(F)C(F)(F)F. The molecule has 1 rings (SSSR count). The zero-order valence-electron chi connectivity index (χ0n) is 13.8. The van der Waals surface area contributed by atoms with Crippen LogP contribution in [0.15, 0.2) is 30.3 Å². The summed E-state index contributed by atoms with van der Waals surface area (Å²) in [6.07, 6.45) is -6.67. The highest BCUT2D eigenvalue weighted by Crippen LogP contribution is 2.47. The molecule has 4 nitrogen and oxygen atoms in total. The van der Waals surface area contributed by atoms with Crippen molar-refractivity contribution in [3.8, 4) is 0 Å². The number of nitrogens with one attached hydrogen (secondary N) is 1. The van der Waals surface area contributed by atoms with Crippen LogP contribution in [0, 0.1) is 0 Å². The molecule has 0 unspecified atom stereocenters. The van der Waals surface area contributed by atoms with Gasteiger partial charge in [-0.1, -0.05) is 18.2 Å². The molecule has 0 aliphatic carbocycles. The van der Waals surface area contributed by atoms with Gasteiger partial charge in [0.1, 0.15) is 0 Å². The van der Waals surface area contributed by atoms with Crippen molar-refractivity contribution in [2.75, 3.05) is 0 Å². The predicted octanol–water partition coefficient (Wildman–Crippen LogP) is 3.79. The number of carbonyl (C=O) groups is 2. The van der Waals surface area contributed by atoms with E-state index in [2.05, 4.69) is 0 Å². The number of benzene rings is 1. The lowest BCUT2D eigenvalue weighted by atomic mass is 10.0. The van der Waals surface area contributed by atoms with Crippen molar-refractivity contribution >= 4 is 11.8 Å². The third kappa shape index (κ3) is 4.07. The van der Waals surface area contributed by atoms with Crippen LogP contribution in [0.4, 0.5) is 30.7 Å². The fraction of sp³-hybridized carbons (Fsp3) is 0.467. The van der Waals surface area contributed by atoms with Crippen LogP contribution in [0.5, 0.6) is 0 Å². The molecule has 0 aliphatic rings. The predicted molar refractivity (Wildman–Crippen MR) is 76.5 cm³/mol. The van der Waals surface area contributed by atoms with Crippen molar-refractivity contribution in [2.45, 2.75) is 44.3 Å². The van der Waals surface area contributed by atoms with Gasteiger partial charge in [-0.05, 0) is 32.9 Å². The Balaban J connectivity index is 3.25. The molecule has 0 saturated carbocycles. The highest BCUT2D eigenvalue weighted by Gasteiger charge is 2.77. The standard InChI is InChI=1S/C15H15F7N2O2/c1-12(2,3)24(23-10(25)9-7-5-4-6-8-9)11(26)13(16,17)14(18,19)15(20,21)22/h4-8H,1-3H3,(H,23,25). The van der Waals surface area contributed by atoms with Crippen LogP contribution < -0.4 is 5.43 Å². The van der Waals surface area contributed by atoms with Gasteiger partial charge in [-0.2, -0.15) is 30.7 Å². The van der Waals surface area contributed by atoms with Gasteiger partial charge in [-0.25, -0.2) is 5.01 Å². The van der Waals surface area contributed by atoms with E-state index < -0.39 is 35.4 Å². The van der Waals surface area contributed by atoms with Crippen molar-refractivity contribution in [3.63, 3.8) is 0 Å². The summed E-state index contributed by atoms with van der Waals surface area (Å²) in [6.45, 7) is 3.20. The van der Waals surface area contributed by atoms with E-state index in [1.165, 1.54) is 30.3 Å². The van der Waals surface area contributed by atoms with Gasteiger partial charge in [-0.3, -0.25) is 15.0 Å². The molecule has 2 amide bonds. The minimum Gasteiger partial charge on any atom is -0.267 e. The summed E-state index contributed by atoms with van der Waals surface area (Å²) in [7, 11) is 0. The van der Waals surface area contributed by atoms with E-state index >= 15 is 0 Å². The molecule has 0 atom stereocenters. The molecule has 0 radical (unpaired) electrons. The summed E-state index contributed by atoms with van der Waals surface area (Å²) in [6, 6.07) is 6.75. The van der Waals surface area contributed by atoms with Crippen molar-refractivity contribution < 1.29 is 40.3 Å². The van der Waals surface area contributed by atoms with Crippen LogP contribution in [0.1, 0.15) is 31.1 Å². The zero-order chi connectivity index (χ0) is 20.6. The minimum absolute atomic E-state index is 0.125. The molecule has 0 aromatic heterocycles. The second-order valence-electron chi connectivity index (χ2n) is 6.26. The molecule has 0 aliphatic heterocycles. The van der Waals surface area contributed by atoms with E-state index in [1.807, 2.05) is 0 Å². The van der Waals surface area contributed by atoms with Crippen LogP contribution in [0.2, 0.25) is 0 Å². The summed E-state index contributed by atoms with van der Waals surface area (Å²) in [4.78, 5) is 23.9. The Morgan fingerprint density at radius 2 is 1.35 bits per heavy atom. The molecular weight excluding hydrogens is 373 g/mol. The topological polar surface area (TPSA) is 49.4 Å². The number of carbonyl (C=O) groups excluding carboxylic acids is 2. The first kappa shape index (κ1) is 21.7. The number of hydrogen-bond acceptors (Lipinski definition) is 2. The van der Waals surface area contributed by atoms with Gasteiger partial charge in [0.05, 0.1) is 5.54 Å². The van der Waals surface area contributed by atoms with Crippen LogP contribution in [0.25, 0.3) is 0 Å². The Morgan fingerprint density at radius 1 is 0.885 bits per heavy atom. The zero-order valence-corrected chi connectivity index (χ0v) is 13.8. The van der Waals surface area contributed by atoms with Gasteiger partial charge in [0.2, 0.25) is 0 Å². The van der Waals surface area contributed by atoms with Crippen molar-refractivity contribution in [1.29, 1.82) is 0 Å². The van der Waals surface area contributed by atoms with E-state index in [9.17, 15) is 40.3 Å². The van der Waals surface area contributed by atoms with E-state index in [0.29, 0.717) is 0 Å². The van der Waals surface area contributed by atoms with Gasteiger partial charge >= 0.3 is 23.9 Å². The average Bonchev–Trinajstić information content (AvgIpc) is 2.50. The lowest BCUT2D eigenvalue weighted by Crippen LogP contribution is -2.66. The Kier molecular flexibility index (Phi) is 5.65. The van der Waals surface area contributed by atoms with Crippen LogP contribution in [0.3, 0.4) is 0 Å². The second kappa shape index (κ2) is 6.76. The molecule has 1 aromatic rings. The Morgan fingerprint density at radius 3 is 1.73 bits per heavy atom. The van der Waals surface area contributed by atoms with Crippen molar-refractivity contribution in [2.24, 2.45) is 0 Å². The van der Waals surface area contributed by atoms with E-state index in [0.717, 1.165) is 20.8 Å². The molecule has 146 valence electrons. The number of alkyl halides is 7. The number of hydrazine groups is 1. The van der Waals surface area contributed by atoms with E-state index in [4.69, 9.17) is 0 Å². The number of halogens is 7. The second-order valence-corrected chi connectivity index (χ2v) is 6.26. The number of rotatable bonds is 3. The monoisotopic (exact) mass is 388 g/mol. The molecule has 1 aromatic carbocycles. The van der Waals surface area contributed by atoms with E-state index in [1.54, 1.807) is 5.43 Å². The normalized spacial score (nSPS) is 13.3. The number of nitrogens with zero attached hydrogens (tertiary/aromatic N) is 1. The first-order valence-electron chi connectivity index (χ1n) is 7.06. The highest BCUT2D eigenvalue weighted by molar-refractivity contribution is 5.96. The molecule has 1 N–H and O–H groups in total. The molecule has 0 bridgehead atoms. The van der Waals surface area contributed by atoms with Crippen LogP contribution in [-0.4, -0.2) is 40.4 Å². The summed E-state index contributed by atoms with van der Waals surface area (Å²) in [5, 5.41) is -0.234. The highest BCUT2D eigenvalue weighted by atomic mass is 19.4. The smallest absolute Gasteiger partial charge is 0.267 e. The summed E-state index contributed by atoms with van der Waals surface area (Å²) >= 11 is 0. The quantitative estimate of drug-likeness (QED) is 0.633. The summed E-state index contributed by atoms with van der Waals surface area (Å²) < 4.78 is 90.6. The van der Waals surface area contributed by atoms with Gasteiger partial charge in [-0.15, -0.1) is 0 Å². The van der Waals surface area contributed by atoms with Crippen molar-refractivity contribution in [1.82, 2.24) is 10.4 Å². The van der Waals surface area contributed by atoms with Gasteiger partial charge in [0.25, 0.3) is 5.91 Å². The third-order valence-corrected chi connectivity index (χ3v) is 3.14. The van der Waals surface area contributed by atoms with Gasteiger partial charge in [0.15, 0.2) is 0 Å². The van der Waals surface area contributed by atoms with E-state index in [-0.39, 0.29) is 10.6 Å². The Bertz CT molecular complexity index is 667. The average molecular weight is 388 g/mol. The maximum atomic E-state index is 13.7. The fourth-order valence-corrected chi connectivity index (χ4v) is 1.73. The first-order chi connectivity index (χ1) is 11.5. The minimum atomic E-state index is -6.67. The third-order valence-electron chi connectivity index (χ3n) is 3.14. The van der Waals surface area contributed by atoms with Crippen LogP contribution in [-0.2, 0) is 4.79 Å². The molecule has 11 heteroatoms. The Labute approximate surface area is 143 Å². The number of amides is 2. The van der Waals surface area contributed by atoms with Crippen molar-refractivity contribution in [3.05, 3.63) is 35.9 Å². The maximum Gasteiger partial charge on any atom is 0.460 e.